The van der Waals surface area contributed by atoms with Gasteiger partial charge in [-0.15, -0.1) is 0 Å². The predicted octanol–water partition coefficient (Wildman–Crippen LogP) is 3.77. The fourth-order valence-electron chi connectivity index (χ4n) is 1.63. The molecule has 0 saturated heterocycles. The highest BCUT2D eigenvalue weighted by molar-refractivity contribution is 6.50. The van der Waals surface area contributed by atoms with E-state index in [1.165, 1.54) is 5.56 Å². The van der Waals surface area contributed by atoms with Crippen molar-refractivity contribution in [2.24, 2.45) is 0 Å². The van der Waals surface area contributed by atoms with Gasteiger partial charge in [-0.3, -0.25) is 4.84 Å². The quantitative estimate of drug-likeness (QED) is 0.564. The first-order valence-electron chi connectivity index (χ1n) is 5.31. The molecular formula is C11H13BF4NO-. The van der Waals surface area contributed by atoms with E-state index in [1.54, 1.807) is 7.11 Å². The number of hydrogen-bond donors (Lipinski definition) is 0. The van der Waals surface area contributed by atoms with E-state index in [0.29, 0.717) is 6.04 Å². The molecule has 18 heavy (non-hydrogen) atoms. The Morgan fingerprint density at radius 3 is 2.28 bits per heavy atom. The van der Waals surface area contributed by atoms with E-state index in [-0.39, 0.29) is 0 Å². The topological polar surface area (TPSA) is 12.5 Å². The molecule has 100 valence electrons. The minimum Gasteiger partial charge on any atom is -0.418 e. The molecule has 1 aromatic carbocycles. The molecule has 2 rings (SSSR count). The Labute approximate surface area is 103 Å². The van der Waals surface area contributed by atoms with Crippen molar-refractivity contribution < 1.29 is 22.1 Å². The third kappa shape index (κ3) is 4.41. The smallest absolute Gasteiger partial charge is 0.418 e. The van der Waals surface area contributed by atoms with E-state index in [4.69, 9.17) is 4.84 Å². The van der Waals surface area contributed by atoms with Crippen molar-refractivity contribution >= 4 is 19.0 Å². The van der Waals surface area contributed by atoms with Crippen LogP contribution in [-0.2, 0) is 4.84 Å². The standard InChI is InChI=1S/C11H13NO.BF4/c1-9-7-8-10-5-3-4-6-11(10)12(9)13-2;2-1(3,4)5/h3-9H,1-2H3;/q;-1. The van der Waals surface area contributed by atoms with Gasteiger partial charge in [0.25, 0.3) is 0 Å². The van der Waals surface area contributed by atoms with Crippen LogP contribution in [0.1, 0.15) is 12.5 Å². The molecule has 1 aromatic rings. The van der Waals surface area contributed by atoms with Crippen LogP contribution < -0.4 is 5.06 Å². The lowest BCUT2D eigenvalue weighted by atomic mass is 10.1. The van der Waals surface area contributed by atoms with Crippen molar-refractivity contribution in [1.29, 1.82) is 0 Å². The maximum atomic E-state index is 9.75. The van der Waals surface area contributed by atoms with Gasteiger partial charge in [0.05, 0.1) is 18.8 Å². The molecular weight excluding hydrogens is 249 g/mol. The molecule has 7 heteroatoms. The van der Waals surface area contributed by atoms with Crippen LogP contribution in [0.15, 0.2) is 30.3 Å². The summed E-state index contributed by atoms with van der Waals surface area (Å²) in [7, 11) is -4.30. The molecule has 0 fully saturated rings. The zero-order valence-corrected chi connectivity index (χ0v) is 9.99. The van der Waals surface area contributed by atoms with Gasteiger partial charge in [0.1, 0.15) is 0 Å². The number of hydrogen-bond acceptors (Lipinski definition) is 2. The summed E-state index contributed by atoms with van der Waals surface area (Å²) >= 11 is 0. The maximum Gasteiger partial charge on any atom is 0.673 e. The van der Waals surface area contributed by atoms with E-state index in [0.717, 1.165) is 5.69 Å². The molecule has 1 aliphatic rings. The van der Waals surface area contributed by atoms with E-state index < -0.39 is 7.25 Å². The summed E-state index contributed by atoms with van der Waals surface area (Å²) in [6.45, 7) is 2.11. The number of fused-ring (bicyclic) bond motifs is 1. The molecule has 0 N–H and O–H groups in total. The van der Waals surface area contributed by atoms with Crippen LogP contribution in [0.3, 0.4) is 0 Å². The molecule has 0 amide bonds. The first-order valence-corrected chi connectivity index (χ1v) is 5.31. The second-order valence-electron chi connectivity index (χ2n) is 3.66. The Balaban J connectivity index is 0.000000280. The van der Waals surface area contributed by atoms with Crippen molar-refractivity contribution in [2.45, 2.75) is 13.0 Å². The number of rotatable bonds is 1. The molecule has 0 spiro atoms. The summed E-state index contributed by atoms with van der Waals surface area (Å²) in [4.78, 5) is 5.31. The number of hydroxylamine groups is 1. The second-order valence-corrected chi connectivity index (χ2v) is 3.66. The molecule has 1 heterocycles. The zero-order valence-electron chi connectivity index (χ0n) is 9.99. The largest absolute Gasteiger partial charge is 0.673 e. The van der Waals surface area contributed by atoms with Gasteiger partial charge in [-0.25, -0.2) is 5.06 Å². The average Bonchev–Trinajstić information content (AvgIpc) is 2.27. The summed E-state index contributed by atoms with van der Waals surface area (Å²) in [5, 5.41) is 1.91. The van der Waals surface area contributed by atoms with Crippen LogP contribution in [0.4, 0.5) is 23.0 Å². The van der Waals surface area contributed by atoms with Crippen LogP contribution in [0.2, 0.25) is 0 Å². The van der Waals surface area contributed by atoms with Gasteiger partial charge in [0, 0.05) is 0 Å². The molecule has 0 bridgehead atoms. The van der Waals surface area contributed by atoms with Crippen molar-refractivity contribution in [3.63, 3.8) is 0 Å². The third-order valence-corrected chi connectivity index (χ3v) is 2.30. The molecule has 1 aliphatic heterocycles. The van der Waals surface area contributed by atoms with Crippen molar-refractivity contribution in [1.82, 2.24) is 0 Å². The number of nitrogens with zero attached hydrogens (tertiary/aromatic N) is 1. The highest BCUT2D eigenvalue weighted by Crippen LogP contribution is 2.28. The molecule has 0 saturated carbocycles. The molecule has 0 radical (unpaired) electrons. The Bertz CT molecular complexity index is 416. The highest BCUT2D eigenvalue weighted by Gasteiger charge is 2.20. The fraction of sp³-hybridized carbons (Fsp3) is 0.273. The summed E-state index contributed by atoms with van der Waals surface area (Å²) in [5.41, 5.74) is 2.35. The van der Waals surface area contributed by atoms with Gasteiger partial charge >= 0.3 is 7.25 Å². The van der Waals surface area contributed by atoms with E-state index in [1.807, 2.05) is 17.2 Å². The number of benzene rings is 1. The number of anilines is 1. The van der Waals surface area contributed by atoms with Crippen LogP contribution >= 0.6 is 0 Å². The van der Waals surface area contributed by atoms with Crippen LogP contribution in [0, 0.1) is 0 Å². The summed E-state index contributed by atoms with van der Waals surface area (Å²) in [6.07, 6.45) is 4.27. The molecule has 1 atom stereocenters. The maximum absolute atomic E-state index is 9.75. The van der Waals surface area contributed by atoms with Crippen molar-refractivity contribution in [3.05, 3.63) is 35.9 Å². The average molecular weight is 262 g/mol. The van der Waals surface area contributed by atoms with Gasteiger partial charge in [-0.1, -0.05) is 30.4 Å². The van der Waals surface area contributed by atoms with Gasteiger partial charge in [-0.05, 0) is 18.6 Å². The molecule has 0 aromatic heterocycles. The van der Waals surface area contributed by atoms with Gasteiger partial charge in [-0.2, -0.15) is 0 Å². The highest BCUT2D eigenvalue weighted by atomic mass is 19.5. The monoisotopic (exact) mass is 262 g/mol. The van der Waals surface area contributed by atoms with Crippen molar-refractivity contribution in [3.8, 4) is 0 Å². The second kappa shape index (κ2) is 5.90. The minimum absolute atomic E-state index is 0.305. The van der Waals surface area contributed by atoms with Gasteiger partial charge in [0.15, 0.2) is 0 Å². The predicted molar refractivity (Wildman–Crippen MR) is 64.6 cm³/mol. The Hall–Kier alpha value is -1.50. The summed E-state index contributed by atoms with van der Waals surface area (Å²) in [5.74, 6) is 0. The number of para-hydroxylation sites is 1. The van der Waals surface area contributed by atoms with Crippen LogP contribution in [-0.4, -0.2) is 20.4 Å². The molecule has 0 aliphatic carbocycles. The lowest BCUT2D eigenvalue weighted by Crippen LogP contribution is -2.32. The summed E-state index contributed by atoms with van der Waals surface area (Å²) < 4.78 is 39.0. The number of halogens is 4. The lowest BCUT2D eigenvalue weighted by Gasteiger charge is -2.30. The Morgan fingerprint density at radius 2 is 1.72 bits per heavy atom. The summed E-state index contributed by atoms with van der Waals surface area (Å²) in [6, 6.07) is 8.52. The molecule has 1 unspecified atom stereocenters. The van der Waals surface area contributed by atoms with Crippen LogP contribution in [0.25, 0.3) is 6.08 Å². The van der Waals surface area contributed by atoms with Gasteiger partial charge < -0.3 is 17.3 Å². The van der Waals surface area contributed by atoms with E-state index >= 15 is 0 Å². The first kappa shape index (κ1) is 14.6. The zero-order chi connectivity index (χ0) is 13.8. The minimum atomic E-state index is -6.00. The third-order valence-electron chi connectivity index (χ3n) is 2.30. The Morgan fingerprint density at radius 1 is 1.17 bits per heavy atom. The van der Waals surface area contributed by atoms with E-state index in [2.05, 4.69) is 31.2 Å². The molecule has 2 nitrogen and oxygen atoms in total. The van der Waals surface area contributed by atoms with Crippen molar-refractivity contribution in [2.75, 3.05) is 12.2 Å². The lowest BCUT2D eigenvalue weighted by molar-refractivity contribution is 0.154. The van der Waals surface area contributed by atoms with Gasteiger partial charge in [0.2, 0.25) is 0 Å². The van der Waals surface area contributed by atoms with E-state index in [9.17, 15) is 17.3 Å². The first-order chi connectivity index (χ1) is 8.33. The van der Waals surface area contributed by atoms with Crippen LogP contribution in [0.5, 0.6) is 0 Å². The Kier molecular flexibility index (Phi) is 4.78. The SMILES string of the molecule is CON1c2ccccc2C=CC1C.F[B-](F)(F)F. The fourth-order valence-corrected chi connectivity index (χ4v) is 1.63. The normalized spacial score (nSPS) is 17.9.